The maximum atomic E-state index is 14.6. The molecule has 1 amide bonds. The Morgan fingerprint density at radius 1 is 0.414 bits per heavy atom. The summed E-state index contributed by atoms with van der Waals surface area (Å²) >= 11 is 0. The fourth-order valence-corrected chi connectivity index (χ4v) is 7.77. The fourth-order valence-electron chi connectivity index (χ4n) is 7.77. The molecule has 404 valence electrons. The zero-order chi connectivity index (χ0) is 51.6. The second kappa shape index (κ2) is 50.2. The quantitative estimate of drug-likeness (QED) is 0.0191. The second-order valence-electron chi connectivity index (χ2n) is 19.2. The molecule has 0 saturated heterocycles. The van der Waals surface area contributed by atoms with E-state index in [9.17, 15) is 24.0 Å². The van der Waals surface area contributed by atoms with Crippen LogP contribution in [0.4, 0.5) is 0 Å². The van der Waals surface area contributed by atoms with Crippen LogP contribution in [0.15, 0.2) is 48.6 Å². The number of nitrogens with zero attached hydrogens (tertiary/aromatic N) is 2. The second-order valence-corrected chi connectivity index (χ2v) is 19.2. The van der Waals surface area contributed by atoms with E-state index >= 15 is 0 Å². The summed E-state index contributed by atoms with van der Waals surface area (Å²) in [7, 11) is 3.86. The largest absolute Gasteiger partial charge is 0.466 e. The highest BCUT2D eigenvalue weighted by atomic mass is 16.6. The molecule has 0 N–H and O–H groups in total. The molecule has 0 rings (SSSR count). The summed E-state index contributed by atoms with van der Waals surface area (Å²) in [6, 6.07) is -0.882. The summed E-state index contributed by atoms with van der Waals surface area (Å²) in [6.07, 6.45) is 47.2. The molecule has 0 heterocycles. The normalized spacial score (nSPS) is 12.3. The van der Waals surface area contributed by atoms with Crippen molar-refractivity contribution < 1.29 is 42.9 Å². The van der Waals surface area contributed by atoms with Crippen LogP contribution in [0.5, 0.6) is 0 Å². The molecule has 1 atom stereocenters. The lowest BCUT2D eigenvalue weighted by molar-refractivity contribution is -0.165. The fraction of sp³-hybridized carbons (Fsp3) is 0.780. The monoisotopic (exact) mass is 985 g/mol. The van der Waals surface area contributed by atoms with E-state index in [-0.39, 0.29) is 45.8 Å². The Hall–Kier alpha value is -3.73. The predicted molar refractivity (Wildman–Crippen MR) is 288 cm³/mol. The number of rotatable bonds is 49. The first-order valence-corrected chi connectivity index (χ1v) is 28.3. The molecule has 0 aromatic rings. The molecule has 0 radical (unpaired) electrons. The molecule has 0 aliphatic carbocycles. The van der Waals surface area contributed by atoms with E-state index in [1.54, 1.807) is 0 Å². The lowest BCUT2D eigenvalue weighted by Gasteiger charge is -2.33. The van der Waals surface area contributed by atoms with Crippen LogP contribution in [0.1, 0.15) is 233 Å². The van der Waals surface area contributed by atoms with Crippen LogP contribution in [0.2, 0.25) is 0 Å². The van der Waals surface area contributed by atoms with E-state index < -0.39 is 48.2 Å². The minimum atomic E-state index is -1.46. The molecule has 0 saturated carbocycles. The molecule has 0 bridgehead atoms. The van der Waals surface area contributed by atoms with Crippen molar-refractivity contribution in [1.29, 1.82) is 0 Å². The third-order valence-corrected chi connectivity index (χ3v) is 12.2. The third-order valence-electron chi connectivity index (χ3n) is 12.2. The average molecular weight is 985 g/mol. The summed E-state index contributed by atoms with van der Waals surface area (Å²) < 4.78 is 22.7. The summed E-state index contributed by atoms with van der Waals surface area (Å²) in [5.74, 6) is -4.34. The number of carbonyl (C=O) groups is 5. The zero-order valence-electron chi connectivity index (χ0n) is 45.7. The Kier molecular flexibility index (Phi) is 47.5. The van der Waals surface area contributed by atoms with Gasteiger partial charge < -0.3 is 28.7 Å². The Labute approximate surface area is 428 Å². The van der Waals surface area contributed by atoms with Gasteiger partial charge in [0.25, 0.3) is 0 Å². The summed E-state index contributed by atoms with van der Waals surface area (Å²) in [6.45, 7) is 9.21. The molecule has 0 aliphatic heterocycles. The van der Waals surface area contributed by atoms with Gasteiger partial charge in [-0.15, -0.1) is 0 Å². The number of esters is 4. The number of amides is 1. The van der Waals surface area contributed by atoms with Crippen molar-refractivity contribution in [2.45, 2.75) is 239 Å². The first-order valence-electron chi connectivity index (χ1n) is 28.3. The minimum Gasteiger partial charge on any atom is -0.466 e. The Bertz CT molecular complexity index is 1350. The number of allylic oxidation sites excluding steroid dienone is 8. The van der Waals surface area contributed by atoms with Gasteiger partial charge in [0.05, 0.1) is 25.7 Å². The van der Waals surface area contributed by atoms with Crippen LogP contribution in [-0.2, 0) is 42.9 Å². The molecule has 0 aromatic heterocycles. The maximum Gasteiger partial charge on any atom is 0.319 e. The van der Waals surface area contributed by atoms with Gasteiger partial charge >= 0.3 is 23.9 Å². The number of ether oxygens (including phenoxy) is 4. The smallest absolute Gasteiger partial charge is 0.319 e. The molecule has 70 heavy (non-hydrogen) atoms. The molecular weight excluding hydrogens is 881 g/mol. The first-order chi connectivity index (χ1) is 34.1. The van der Waals surface area contributed by atoms with Gasteiger partial charge in [-0.3, -0.25) is 24.0 Å². The van der Waals surface area contributed by atoms with Crippen LogP contribution in [0.3, 0.4) is 0 Å². The minimum absolute atomic E-state index is 0.118. The molecule has 0 aromatic carbocycles. The van der Waals surface area contributed by atoms with E-state index in [4.69, 9.17) is 18.9 Å². The molecule has 1 unspecified atom stereocenters. The standard InChI is InChI=1S/C59H104N2O9/c1-7-11-15-18-20-22-24-26-28-30-32-34-36-38-40-44-55(62)69-51-53(52-70-56(63)45-41-39-37-35-33-31-29-27-25-23-21-19-16-12-8-2)61(47-43-46-60(5)6)58(65)54(59(66)68-48-14-10-4)50-57(64)67-49-42-17-13-9-3/h20-23,26-29,53-54H,7-19,24-25,30-52H2,1-6H3/b22-20-,23-21-,28-26-,29-27-. The van der Waals surface area contributed by atoms with Gasteiger partial charge in [0, 0.05) is 19.4 Å². The van der Waals surface area contributed by atoms with Crippen LogP contribution < -0.4 is 0 Å². The van der Waals surface area contributed by atoms with Crippen molar-refractivity contribution in [2.75, 3.05) is 53.6 Å². The van der Waals surface area contributed by atoms with Crippen molar-refractivity contribution in [1.82, 2.24) is 9.80 Å². The van der Waals surface area contributed by atoms with Gasteiger partial charge in [-0.05, 0) is 117 Å². The number of carbonyl (C=O) groups excluding carboxylic acids is 5. The molecule has 0 aliphatic rings. The van der Waals surface area contributed by atoms with Crippen LogP contribution in [-0.4, -0.2) is 99.2 Å². The van der Waals surface area contributed by atoms with Crippen molar-refractivity contribution in [3.63, 3.8) is 0 Å². The summed E-state index contributed by atoms with van der Waals surface area (Å²) in [4.78, 5) is 71.2. The lowest BCUT2D eigenvalue weighted by atomic mass is 10.0. The zero-order valence-corrected chi connectivity index (χ0v) is 45.7. The number of unbranched alkanes of at least 4 members (excludes halogenated alkanes) is 20. The van der Waals surface area contributed by atoms with Gasteiger partial charge in [0.15, 0.2) is 0 Å². The maximum absolute atomic E-state index is 14.6. The number of hydrogen-bond acceptors (Lipinski definition) is 10. The number of hydrogen-bond donors (Lipinski definition) is 0. The highest BCUT2D eigenvalue weighted by molar-refractivity contribution is 6.00. The van der Waals surface area contributed by atoms with E-state index in [1.807, 2.05) is 25.9 Å². The van der Waals surface area contributed by atoms with E-state index in [0.29, 0.717) is 38.6 Å². The molecule has 0 spiro atoms. The lowest BCUT2D eigenvalue weighted by Crippen LogP contribution is -2.51. The molecule has 0 fully saturated rings. The van der Waals surface area contributed by atoms with Gasteiger partial charge in [-0.1, -0.05) is 166 Å². The topological polar surface area (TPSA) is 129 Å². The third kappa shape index (κ3) is 42.0. The van der Waals surface area contributed by atoms with Crippen molar-refractivity contribution in [3.8, 4) is 0 Å². The Balaban J connectivity index is 5.70. The highest BCUT2D eigenvalue weighted by Gasteiger charge is 2.38. The van der Waals surface area contributed by atoms with Gasteiger partial charge in [-0.25, -0.2) is 0 Å². The van der Waals surface area contributed by atoms with E-state index in [2.05, 4.69) is 69.4 Å². The highest BCUT2D eigenvalue weighted by Crippen LogP contribution is 2.19. The van der Waals surface area contributed by atoms with Crippen LogP contribution in [0, 0.1) is 5.92 Å². The molecular formula is C59H104N2O9. The summed E-state index contributed by atoms with van der Waals surface area (Å²) in [5.41, 5.74) is 0. The van der Waals surface area contributed by atoms with Crippen LogP contribution in [0.25, 0.3) is 0 Å². The first kappa shape index (κ1) is 66.3. The van der Waals surface area contributed by atoms with Crippen molar-refractivity contribution in [2.24, 2.45) is 5.92 Å². The Morgan fingerprint density at radius 2 is 0.829 bits per heavy atom. The van der Waals surface area contributed by atoms with Crippen molar-refractivity contribution in [3.05, 3.63) is 48.6 Å². The predicted octanol–water partition coefficient (Wildman–Crippen LogP) is 14.3. The summed E-state index contributed by atoms with van der Waals surface area (Å²) in [5, 5.41) is 0. The van der Waals surface area contributed by atoms with Gasteiger partial charge in [0.1, 0.15) is 19.1 Å². The SMILES string of the molecule is CCCCC/C=C\C/C=C\CCCCCCCC(=O)OCC(COC(=O)CCCCCCC/C=C\C/C=C\CCCCC)N(CCCN(C)C)C(=O)C(CC(=O)OCCCCCC)C(=O)OCCCC. The van der Waals surface area contributed by atoms with E-state index in [0.717, 1.165) is 116 Å². The van der Waals surface area contributed by atoms with Gasteiger partial charge in [0.2, 0.25) is 5.91 Å². The Morgan fingerprint density at radius 3 is 1.30 bits per heavy atom. The van der Waals surface area contributed by atoms with Crippen molar-refractivity contribution >= 4 is 29.8 Å². The van der Waals surface area contributed by atoms with Crippen LogP contribution >= 0.6 is 0 Å². The average Bonchev–Trinajstić information content (AvgIpc) is 3.34. The van der Waals surface area contributed by atoms with E-state index in [1.165, 1.54) is 43.4 Å². The molecule has 11 heteroatoms. The molecule has 11 nitrogen and oxygen atoms in total. The van der Waals surface area contributed by atoms with Gasteiger partial charge in [-0.2, -0.15) is 0 Å².